The summed E-state index contributed by atoms with van der Waals surface area (Å²) in [6.07, 6.45) is 11.2. The van der Waals surface area contributed by atoms with E-state index in [0.717, 1.165) is 56.6 Å². The maximum Gasteiger partial charge on any atom is 0.339 e. The van der Waals surface area contributed by atoms with Crippen LogP contribution in [-0.2, 0) is 39.8 Å². The van der Waals surface area contributed by atoms with E-state index in [0.29, 0.717) is 50.0 Å². The molecule has 13 atom stereocenters. The first-order valence-electron chi connectivity index (χ1n) is 20.0. The Morgan fingerprint density at radius 3 is 2.50 bits per heavy atom. The number of aliphatic hydroxyl groups excluding tert-OH is 1. The number of aryl methyl sites for hydroxylation is 1. The highest BCUT2D eigenvalue weighted by atomic mass is 16.7. The van der Waals surface area contributed by atoms with Crippen LogP contribution in [0.15, 0.2) is 28.9 Å². The number of epoxide rings is 1. The van der Waals surface area contributed by atoms with Crippen LogP contribution in [0.4, 0.5) is 0 Å². The van der Waals surface area contributed by atoms with Crippen LogP contribution in [0.3, 0.4) is 0 Å². The zero-order valence-corrected chi connectivity index (χ0v) is 30.9. The van der Waals surface area contributed by atoms with E-state index in [-0.39, 0.29) is 24.3 Å². The number of rotatable bonds is 5. The topological polar surface area (TPSA) is 149 Å². The molecule has 1 aromatic rings. The lowest BCUT2D eigenvalue weighted by Gasteiger charge is -2.67. The number of carbonyl (C=O) groups is 3. The van der Waals surface area contributed by atoms with Crippen molar-refractivity contribution in [2.24, 2.45) is 45.3 Å². The number of esters is 2. The molecule has 10 rings (SSSR count). The number of nitrogens with one attached hydrogen (secondary N) is 2. The van der Waals surface area contributed by atoms with Crippen molar-refractivity contribution in [1.29, 1.82) is 0 Å². The molecule has 5 saturated heterocycles. The van der Waals surface area contributed by atoms with E-state index in [9.17, 15) is 19.5 Å². The number of hydrogen-bond donors (Lipinski definition) is 3. The molecule has 9 aliphatic rings. The van der Waals surface area contributed by atoms with Crippen LogP contribution >= 0.6 is 0 Å². The van der Waals surface area contributed by atoms with Gasteiger partial charge in [0.25, 0.3) is 0 Å². The van der Waals surface area contributed by atoms with Crippen molar-refractivity contribution in [2.45, 2.75) is 134 Å². The summed E-state index contributed by atoms with van der Waals surface area (Å²) in [6, 6.07) is 2.42. The van der Waals surface area contributed by atoms with Crippen LogP contribution < -0.4 is 10.6 Å². The van der Waals surface area contributed by atoms with E-state index < -0.39 is 69.2 Å². The summed E-state index contributed by atoms with van der Waals surface area (Å²) < 4.78 is 32.3. The Kier molecular flexibility index (Phi) is 7.20. The fraction of sp³-hybridized carbons (Fsp3) is 0.780. The number of furan rings is 1. The Bertz CT molecular complexity index is 1720. The maximum absolute atomic E-state index is 14.9. The van der Waals surface area contributed by atoms with Crippen molar-refractivity contribution >= 4 is 17.7 Å². The molecule has 0 aromatic carbocycles. The summed E-state index contributed by atoms with van der Waals surface area (Å²) in [7, 11) is 0. The third kappa shape index (κ3) is 3.97. The lowest BCUT2D eigenvalue weighted by molar-refractivity contribution is -0.264. The minimum Gasteiger partial charge on any atom is -0.469 e. The molecule has 1 aromatic heterocycles. The van der Waals surface area contributed by atoms with Crippen LogP contribution in [0.25, 0.3) is 0 Å². The minimum atomic E-state index is -1.40. The van der Waals surface area contributed by atoms with E-state index >= 15 is 0 Å². The molecular weight excluding hydrogens is 664 g/mol. The lowest BCUT2D eigenvalue weighted by atomic mass is 9.35. The minimum absolute atomic E-state index is 0.0622. The average Bonchev–Trinajstić information content (AvgIpc) is 3.60. The molecule has 3 saturated carbocycles. The van der Waals surface area contributed by atoms with Crippen molar-refractivity contribution in [3.8, 4) is 0 Å². The number of cyclic esters (lactones) is 2. The Hall–Kier alpha value is -2.57. The SMILES string of the molecule is CC1(C)O[C@H]2C3(CCCC3)C(=O)OC[C@@]23[C@@H]1C(=O)[C@@H](O)[C@]1(C)[C@@H]3CC[C@@]2(C)[C@H](c3ccoc3CC[C@H]3C=C[C@H]([C@H]4CNCN4)CC3)OC(=O)[C@H]3O[C@@]312. The summed E-state index contributed by atoms with van der Waals surface area (Å²) in [5, 5.41) is 19.4. The fourth-order valence-corrected chi connectivity index (χ4v) is 14.2. The smallest absolute Gasteiger partial charge is 0.339 e. The first kappa shape index (κ1) is 34.0. The number of aliphatic hydroxyl groups is 1. The predicted molar refractivity (Wildman–Crippen MR) is 185 cm³/mol. The monoisotopic (exact) mass is 718 g/mol. The van der Waals surface area contributed by atoms with Gasteiger partial charge in [-0.3, -0.25) is 14.9 Å². The van der Waals surface area contributed by atoms with Gasteiger partial charge in [0.1, 0.15) is 30.2 Å². The summed E-state index contributed by atoms with van der Waals surface area (Å²) in [4.78, 5) is 42.6. The van der Waals surface area contributed by atoms with Gasteiger partial charge in [-0.25, -0.2) is 4.79 Å². The molecule has 0 radical (unpaired) electrons. The second-order valence-electron chi connectivity index (χ2n) is 18.9. The largest absolute Gasteiger partial charge is 0.469 e. The first-order valence-corrected chi connectivity index (χ1v) is 20.0. The average molecular weight is 719 g/mol. The predicted octanol–water partition coefficient (Wildman–Crippen LogP) is 4.31. The van der Waals surface area contributed by atoms with Gasteiger partial charge in [-0.1, -0.05) is 38.8 Å². The van der Waals surface area contributed by atoms with Crippen molar-refractivity contribution in [3.05, 3.63) is 35.8 Å². The van der Waals surface area contributed by atoms with Gasteiger partial charge < -0.3 is 33.8 Å². The fourth-order valence-electron chi connectivity index (χ4n) is 14.2. The Morgan fingerprint density at radius 1 is 0.962 bits per heavy atom. The van der Waals surface area contributed by atoms with Crippen molar-refractivity contribution in [2.75, 3.05) is 19.8 Å². The summed E-state index contributed by atoms with van der Waals surface area (Å²) in [5.74, 6) is -0.156. The van der Waals surface area contributed by atoms with Crippen LogP contribution in [0, 0.1) is 45.3 Å². The number of ketones is 1. The van der Waals surface area contributed by atoms with E-state index in [1.54, 1.807) is 6.26 Å². The summed E-state index contributed by atoms with van der Waals surface area (Å²) in [6.45, 7) is 9.89. The Balaban J connectivity index is 0.996. The third-order valence-corrected chi connectivity index (χ3v) is 16.4. The zero-order chi connectivity index (χ0) is 36.1. The first-order chi connectivity index (χ1) is 24.8. The van der Waals surface area contributed by atoms with Crippen LogP contribution in [0.1, 0.15) is 103 Å². The Labute approximate surface area is 305 Å². The van der Waals surface area contributed by atoms with Crippen LogP contribution in [0.5, 0.6) is 0 Å². The lowest BCUT2D eigenvalue weighted by Crippen LogP contribution is -2.77. The van der Waals surface area contributed by atoms with Crippen LogP contribution in [-0.4, -0.2) is 78.2 Å². The van der Waals surface area contributed by atoms with Gasteiger partial charge in [-0.15, -0.1) is 0 Å². The number of Topliss-reactive ketones (excluding diaryl/α,β-unsaturated/α-hetero) is 1. The highest BCUT2D eigenvalue weighted by Gasteiger charge is 2.91. The van der Waals surface area contributed by atoms with Gasteiger partial charge in [0.15, 0.2) is 11.9 Å². The molecule has 6 heterocycles. The highest BCUT2D eigenvalue weighted by Crippen LogP contribution is 2.81. The van der Waals surface area contributed by atoms with Crippen molar-refractivity contribution in [3.63, 3.8) is 0 Å². The number of fused-ring (bicyclic) bond motifs is 2. The van der Waals surface area contributed by atoms with Gasteiger partial charge in [0.05, 0.1) is 29.3 Å². The second-order valence-corrected chi connectivity index (χ2v) is 18.9. The van der Waals surface area contributed by atoms with Gasteiger partial charge in [0, 0.05) is 47.5 Å². The van der Waals surface area contributed by atoms with Gasteiger partial charge in [-0.05, 0) is 82.6 Å². The van der Waals surface area contributed by atoms with E-state index in [1.165, 1.54) is 0 Å². The molecule has 4 aliphatic carbocycles. The van der Waals surface area contributed by atoms with Gasteiger partial charge >= 0.3 is 11.9 Å². The summed E-state index contributed by atoms with van der Waals surface area (Å²) in [5.41, 5.74) is -4.84. The maximum atomic E-state index is 14.9. The van der Waals surface area contributed by atoms with Gasteiger partial charge in [-0.2, -0.15) is 0 Å². The highest BCUT2D eigenvalue weighted by molar-refractivity contribution is 5.92. The third-order valence-electron chi connectivity index (χ3n) is 16.4. The number of carbonyl (C=O) groups excluding carboxylic acids is 3. The zero-order valence-electron chi connectivity index (χ0n) is 30.9. The van der Waals surface area contributed by atoms with E-state index in [4.69, 9.17) is 23.4 Å². The van der Waals surface area contributed by atoms with E-state index in [2.05, 4.69) is 29.7 Å². The molecule has 11 nitrogen and oxygen atoms in total. The normalized spacial score (nSPS) is 49.4. The number of allylic oxidation sites excluding steroid dienone is 1. The number of hydrogen-bond acceptors (Lipinski definition) is 11. The molecule has 3 N–H and O–H groups in total. The summed E-state index contributed by atoms with van der Waals surface area (Å²) >= 11 is 0. The molecule has 0 unspecified atom stereocenters. The molecule has 11 heteroatoms. The Morgan fingerprint density at radius 2 is 1.77 bits per heavy atom. The van der Waals surface area contributed by atoms with Crippen molar-refractivity contribution in [1.82, 2.24) is 10.6 Å². The van der Waals surface area contributed by atoms with E-state index in [1.807, 2.05) is 26.8 Å². The standard InChI is InChI=1S/C41H54N2O9/c1-36(2)29-28(44)30(45)38(4)27(40(29)20-49-35(47)39(34(40)52-36)15-5-6-16-39)13-17-37(3)31(50-33(46)32-41(37,38)51-32)24-14-18-48-26(24)12-9-22-7-10-23(11-8-22)25-19-42-21-43-25/h7,10,14,18,22-23,25,27,29-32,34,42-43,45H,5-6,8-9,11-13,15-17,19-21H2,1-4H3/t22-,23-,25+,27-,29+,30+,31-,32+,34-,37-,38-,40+,41+/m0/s1. The molecule has 5 aliphatic heterocycles. The van der Waals surface area contributed by atoms with Gasteiger partial charge in [0.2, 0.25) is 0 Å². The molecule has 3 spiro atoms. The molecule has 0 amide bonds. The molecule has 52 heavy (non-hydrogen) atoms. The molecule has 0 bridgehead atoms. The number of ether oxygens (including phenoxy) is 4. The quantitative estimate of drug-likeness (QED) is 0.227. The molecule has 8 fully saturated rings. The second kappa shape index (κ2) is 11.0. The van der Waals surface area contributed by atoms with Crippen LogP contribution in [0.2, 0.25) is 0 Å². The molecular formula is C41H54N2O9. The molecule has 282 valence electrons. The van der Waals surface area contributed by atoms with Crippen molar-refractivity contribution < 1.29 is 42.9 Å².